The van der Waals surface area contributed by atoms with Crippen molar-refractivity contribution in [1.82, 2.24) is 15.5 Å². The Balaban J connectivity index is 1.71. The van der Waals surface area contributed by atoms with Crippen LogP contribution in [0, 0.1) is 0 Å². The number of carboxylic acids is 1. The van der Waals surface area contributed by atoms with Gasteiger partial charge in [0, 0.05) is 13.1 Å². The molecule has 7 nitrogen and oxygen atoms in total. The Labute approximate surface area is 111 Å². The third-order valence-corrected chi connectivity index (χ3v) is 3.62. The summed E-state index contributed by atoms with van der Waals surface area (Å²) in [5, 5.41) is 13.7. The lowest BCUT2D eigenvalue weighted by atomic mass is 10.1. The topological polar surface area (TPSA) is 98.7 Å². The van der Waals surface area contributed by atoms with Crippen LogP contribution < -0.4 is 10.6 Å². The first-order valence-electron chi connectivity index (χ1n) is 6.61. The van der Waals surface area contributed by atoms with Crippen molar-refractivity contribution in [3.63, 3.8) is 0 Å². The molecule has 0 aromatic rings. The van der Waals surface area contributed by atoms with Crippen molar-refractivity contribution >= 4 is 17.9 Å². The van der Waals surface area contributed by atoms with Crippen LogP contribution in [0.15, 0.2) is 0 Å². The molecule has 1 heterocycles. The first kappa shape index (κ1) is 13.6. The lowest BCUT2D eigenvalue weighted by molar-refractivity contribution is -0.140. The molecule has 3 N–H and O–H groups in total. The highest BCUT2D eigenvalue weighted by Crippen LogP contribution is 2.35. The van der Waals surface area contributed by atoms with E-state index in [0.717, 1.165) is 32.4 Å². The number of carbonyl (C=O) groups excluding carboxylic acids is 2. The number of urea groups is 1. The van der Waals surface area contributed by atoms with Crippen molar-refractivity contribution in [3.8, 4) is 0 Å². The second-order valence-electron chi connectivity index (χ2n) is 5.14. The SMILES string of the molecule is O=C(NCC(=O)N1CCCCC1)NC1(C(=O)O)CC1. The van der Waals surface area contributed by atoms with E-state index in [1.54, 1.807) is 4.90 Å². The summed E-state index contributed by atoms with van der Waals surface area (Å²) in [6.07, 6.45) is 4.02. The number of rotatable bonds is 4. The lowest BCUT2D eigenvalue weighted by Crippen LogP contribution is -2.50. The Hall–Kier alpha value is -1.79. The van der Waals surface area contributed by atoms with E-state index in [4.69, 9.17) is 5.11 Å². The normalized spacial score (nSPS) is 20.5. The number of carbonyl (C=O) groups is 3. The minimum Gasteiger partial charge on any atom is -0.480 e. The van der Waals surface area contributed by atoms with Gasteiger partial charge in [0.05, 0.1) is 6.54 Å². The second kappa shape index (κ2) is 5.46. The lowest BCUT2D eigenvalue weighted by Gasteiger charge is -2.26. The smallest absolute Gasteiger partial charge is 0.329 e. The summed E-state index contributed by atoms with van der Waals surface area (Å²) in [7, 11) is 0. The number of nitrogens with one attached hydrogen (secondary N) is 2. The highest BCUT2D eigenvalue weighted by molar-refractivity contribution is 5.90. The van der Waals surface area contributed by atoms with Crippen LogP contribution in [0.25, 0.3) is 0 Å². The van der Waals surface area contributed by atoms with Crippen molar-refractivity contribution in [1.29, 1.82) is 0 Å². The number of aliphatic carboxylic acids is 1. The zero-order chi connectivity index (χ0) is 13.9. The molecule has 2 fully saturated rings. The van der Waals surface area contributed by atoms with E-state index in [0.29, 0.717) is 12.8 Å². The molecule has 0 spiro atoms. The highest BCUT2D eigenvalue weighted by Gasteiger charge is 2.51. The zero-order valence-corrected chi connectivity index (χ0v) is 10.8. The van der Waals surface area contributed by atoms with E-state index in [2.05, 4.69) is 10.6 Å². The zero-order valence-electron chi connectivity index (χ0n) is 10.8. The predicted molar refractivity (Wildman–Crippen MR) is 66.6 cm³/mol. The molecule has 0 unspecified atom stereocenters. The number of amides is 3. The predicted octanol–water partition coefficient (Wildman–Crippen LogP) is -0.0847. The first-order chi connectivity index (χ1) is 9.03. The third-order valence-electron chi connectivity index (χ3n) is 3.62. The van der Waals surface area contributed by atoms with Crippen LogP contribution in [0.3, 0.4) is 0 Å². The summed E-state index contributed by atoms with van der Waals surface area (Å²) in [5.41, 5.74) is -1.11. The van der Waals surface area contributed by atoms with Crippen LogP contribution in [0.1, 0.15) is 32.1 Å². The molecular formula is C12H19N3O4. The number of piperidine rings is 1. The van der Waals surface area contributed by atoms with E-state index in [1.807, 2.05) is 0 Å². The molecule has 1 aliphatic carbocycles. The molecule has 19 heavy (non-hydrogen) atoms. The van der Waals surface area contributed by atoms with Crippen LogP contribution in [-0.2, 0) is 9.59 Å². The quantitative estimate of drug-likeness (QED) is 0.664. The summed E-state index contributed by atoms with van der Waals surface area (Å²) < 4.78 is 0. The van der Waals surface area contributed by atoms with Crippen molar-refractivity contribution in [3.05, 3.63) is 0 Å². The summed E-state index contributed by atoms with van der Waals surface area (Å²) in [6.45, 7) is 1.39. The van der Waals surface area contributed by atoms with Gasteiger partial charge in [0.15, 0.2) is 0 Å². The molecule has 1 saturated carbocycles. The number of likely N-dealkylation sites (tertiary alicyclic amines) is 1. The summed E-state index contributed by atoms with van der Waals surface area (Å²) in [6, 6.07) is -0.592. The number of hydrogen-bond acceptors (Lipinski definition) is 3. The standard InChI is InChI=1S/C12H19N3O4/c16-9(15-6-2-1-3-7-15)8-13-11(19)14-12(4-5-12)10(17)18/h1-8H2,(H,17,18)(H2,13,14,19). The molecule has 1 saturated heterocycles. The molecule has 3 amide bonds. The average Bonchev–Trinajstić information content (AvgIpc) is 3.18. The Bertz CT molecular complexity index is 386. The first-order valence-corrected chi connectivity index (χ1v) is 6.61. The van der Waals surface area contributed by atoms with Crippen LogP contribution in [0.5, 0.6) is 0 Å². The Morgan fingerprint density at radius 2 is 1.74 bits per heavy atom. The van der Waals surface area contributed by atoms with Gasteiger partial charge in [-0.1, -0.05) is 0 Å². The molecule has 2 aliphatic rings. The maximum atomic E-state index is 11.8. The Morgan fingerprint density at radius 3 is 2.26 bits per heavy atom. The number of hydrogen-bond donors (Lipinski definition) is 3. The molecule has 0 aromatic carbocycles. The molecular weight excluding hydrogens is 250 g/mol. The minimum absolute atomic E-state index is 0.0818. The van der Waals surface area contributed by atoms with Crippen molar-refractivity contribution in [2.45, 2.75) is 37.6 Å². The van der Waals surface area contributed by atoms with Crippen LogP contribution in [0.4, 0.5) is 4.79 Å². The number of nitrogens with zero attached hydrogens (tertiary/aromatic N) is 1. The van der Waals surface area contributed by atoms with E-state index in [-0.39, 0.29) is 12.5 Å². The van der Waals surface area contributed by atoms with E-state index in [1.165, 1.54) is 0 Å². The third kappa shape index (κ3) is 3.36. The van der Waals surface area contributed by atoms with Crippen LogP contribution in [0.2, 0.25) is 0 Å². The molecule has 0 radical (unpaired) electrons. The van der Waals surface area contributed by atoms with Gasteiger partial charge in [-0.3, -0.25) is 4.79 Å². The Morgan fingerprint density at radius 1 is 1.11 bits per heavy atom. The Kier molecular flexibility index (Phi) is 3.92. The second-order valence-corrected chi connectivity index (χ2v) is 5.14. The van der Waals surface area contributed by atoms with Gasteiger partial charge in [-0.25, -0.2) is 9.59 Å². The fourth-order valence-corrected chi connectivity index (χ4v) is 2.19. The van der Waals surface area contributed by atoms with Gasteiger partial charge in [-0.2, -0.15) is 0 Å². The van der Waals surface area contributed by atoms with Gasteiger partial charge in [-0.05, 0) is 32.1 Å². The van der Waals surface area contributed by atoms with Gasteiger partial charge in [0.25, 0.3) is 0 Å². The summed E-state index contributed by atoms with van der Waals surface area (Å²) in [5.74, 6) is -1.14. The molecule has 0 bridgehead atoms. The van der Waals surface area contributed by atoms with Gasteiger partial charge in [-0.15, -0.1) is 0 Å². The number of carboxylic acid groups (broad SMARTS) is 1. The van der Waals surface area contributed by atoms with Gasteiger partial charge in [0.1, 0.15) is 5.54 Å². The fraction of sp³-hybridized carbons (Fsp3) is 0.750. The molecule has 2 rings (SSSR count). The molecule has 0 atom stereocenters. The summed E-state index contributed by atoms with van der Waals surface area (Å²) >= 11 is 0. The van der Waals surface area contributed by atoms with Gasteiger partial charge < -0.3 is 20.6 Å². The van der Waals surface area contributed by atoms with Gasteiger partial charge in [0.2, 0.25) is 5.91 Å². The maximum absolute atomic E-state index is 11.8. The van der Waals surface area contributed by atoms with Crippen molar-refractivity contribution in [2.75, 3.05) is 19.6 Å². The highest BCUT2D eigenvalue weighted by atomic mass is 16.4. The van der Waals surface area contributed by atoms with Crippen LogP contribution >= 0.6 is 0 Å². The largest absolute Gasteiger partial charge is 0.480 e. The van der Waals surface area contributed by atoms with Crippen molar-refractivity contribution < 1.29 is 19.5 Å². The van der Waals surface area contributed by atoms with E-state index >= 15 is 0 Å². The monoisotopic (exact) mass is 269 g/mol. The average molecular weight is 269 g/mol. The van der Waals surface area contributed by atoms with Crippen LogP contribution in [-0.4, -0.2) is 53.1 Å². The molecule has 0 aromatic heterocycles. The fourth-order valence-electron chi connectivity index (χ4n) is 2.19. The van der Waals surface area contributed by atoms with Crippen molar-refractivity contribution in [2.24, 2.45) is 0 Å². The molecule has 7 heteroatoms. The molecule has 106 valence electrons. The van der Waals surface area contributed by atoms with Gasteiger partial charge >= 0.3 is 12.0 Å². The maximum Gasteiger partial charge on any atom is 0.329 e. The minimum atomic E-state index is -1.11. The van der Waals surface area contributed by atoms with E-state index in [9.17, 15) is 14.4 Å². The van der Waals surface area contributed by atoms with E-state index < -0.39 is 17.5 Å². The summed E-state index contributed by atoms with van der Waals surface area (Å²) in [4.78, 5) is 35.9. The molecule has 1 aliphatic heterocycles.